The molecule has 126 valence electrons. The summed E-state index contributed by atoms with van der Waals surface area (Å²) in [5.41, 5.74) is 0.724. The molecule has 24 heavy (non-hydrogen) atoms. The van der Waals surface area contributed by atoms with Crippen LogP contribution in [0.1, 0.15) is 20.7 Å². The topological polar surface area (TPSA) is 73.9 Å². The summed E-state index contributed by atoms with van der Waals surface area (Å²) in [6, 6.07) is 13.5. The summed E-state index contributed by atoms with van der Waals surface area (Å²) in [4.78, 5) is 23.5. The molecule has 0 aliphatic carbocycles. The third-order valence-corrected chi connectivity index (χ3v) is 3.26. The van der Waals surface area contributed by atoms with Gasteiger partial charge in [-0.3, -0.25) is 4.79 Å². The van der Waals surface area contributed by atoms with Gasteiger partial charge >= 0.3 is 5.97 Å². The lowest BCUT2D eigenvalue weighted by atomic mass is 10.1. The lowest BCUT2D eigenvalue weighted by Gasteiger charge is -2.09. The Kier molecular flexibility index (Phi) is 6.19. The number of carbonyl (C=O) groups is 2. The average Bonchev–Trinajstić information content (AvgIpc) is 2.65. The van der Waals surface area contributed by atoms with Gasteiger partial charge in [0.2, 0.25) is 0 Å². The predicted molar refractivity (Wildman–Crippen MR) is 88.6 cm³/mol. The van der Waals surface area contributed by atoms with Crippen molar-refractivity contribution in [3.8, 4) is 11.5 Å². The molecule has 1 amide bonds. The van der Waals surface area contributed by atoms with Crippen molar-refractivity contribution in [2.24, 2.45) is 0 Å². The van der Waals surface area contributed by atoms with Crippen LogP contribution < -0.4 is 14.8 Å². The number of amides is 1. The Labute approximate surface area is 140 Å². The van der Waals surface area contributed by atoms with Crippen LogP contribution in [0.4, 0.5) is 0 Å². The van der Waals surface area contributed by atoms with Gasteiger partial charge in [-0.05, 0) is 42.5 Å². The number of carbonyl (C=O) groups excluding carboxylic acids is 2. The van der Waals surface area contributed by atoms with Crippen molar-refractivity contribution in [1.82, 2.24) is 5.32 Å². The number of hydrogen-bond donors (Lipinski definition) is 1. The van der Waals surface area contributed by atoms with Crippen LogP contribution in [0.25, 0.3) is 0 Å². The number of benzene rings is 2. The lowest BCUT2D eigenvalue weighted by molar-refractivity contribution is 0.0600. The van der Waals surface area contributed by atoms with E-state index in [-0.39, 0.29) is 5.91 Å². The molecular weight excluding hydrogens is 310 g/mol. The van der Waals surface area contributed by atoms with Gasteiger partial charge in [0.25, 0.3) is 5.91 Å². The molecule has 1 N–H and O–H groups in total. The van der Waals surface area contributed by atoms with Gasteiger partial charge in [0.1, 0.15) is 18.1 Å². The maximum atomic E-state index is 12.1. The van der Waals surface area contributed by atoms with Gasteiger partial charge in [0, 0.05) is 5.56 Å². The van der Waals surface area contributed by atoms with Crippen molar-refractivity contribution in [2.75, 3.05) is 27.4 Å². The second-order valence-corrected chi connectivity index (χ2v) is 4.85. The van der Waals surface area contributed by atoms with E-state index in [1.165, 1.54) is 13.2 Å². The summed E-state index contributed by atoms with van der Waals surface area (Å²) < 4.78 is 15.2. The van der Waals surface area contributed by atoms with Gasteiger partial charge in [0.15, 0.2) is 0 Å². The van der Waals surface area contributed by atoms with Crippen LogP contribution in [0.3, 0.4) is 0 Å². The summed E-state index contributed by atoms with van der Waals surface area (Å²) in [5, 5.41) is 2.74. The van der Waals surface area contributed by atoms with E-state index in [1.807, 2.05) is 0 Å². The van der Waals surface area contributed by atoms with Crippen LogP contribution in [0.5, 0.6) is 11.5 Å². The van der Waals surface area contributed by atoms with Crippen molar-refractivity contribution in [1.29, 1.82) is 0 Å². The Morgan fingerprint density at radius 2 is 1.62 bits per heavy atom. The molecule has 0 aliphatic rings. The van der Waals surface area contributed by atoms with Gasteiger partial charge in [-0.25, -0.2) is 4.79 Å². The summed E-state index contributed by atoms with van der Waals surface area (Å²) in [7, 11) is 2.90. The van der Waals surface area contributed by atoms with Crippen LogP contribution in [-0.2, 0) is 4.74 Å². The van der Waals surface area contributed by atoms with Crippen LogP contribution >= 0.6 is 0 Å². The first kappa shape index (κ1) is 17.3. The number of nitrogens with one attached hydrogen (secondary N) is 1. The molecule has 0 saturated heterocycles. The zero-order valence-electron chi connectivity index (χ0n) is 13.6. The first-order valence-electron chi connectivity index (χ1n) is 7.37. The molecule has 0 atom stereocenters. The second kappa shape index (κ2) is 8.57. The van der Waals surface area contributed by atoms with Crippen molar-refractivity contribution in [3.63, 3.8) is 0 Å². The fourth-order valence-corrected chi connectivity index (χ4v) is 2.01. The molecule has 0 bridgehead atoms. The normalized spacial score (nSPS) is 9.92. The maximum Gasteiger partial charge on any atom is 0.337 e. The predicted octanol–water partition coefficient (Wildman–Crippen LogP) is 2.29. The molecule has 0 aliphatic heterocycles. The highest BCUT2D eigenvalue weighted by atomic mass is 16.5. The van der Waals surface area contributed by atoms with Crippen LogP contribution in [-0.4, -0.2) is 39.2 Å². The van der Waals surface area contributed by atoms with Crippen LogP contribution in [0, 0.1) is 0 Å². The second-order valence-electron chi connectivity index (χ2n) is 4.85. The minimum absolute atomic E-state index is 0.279. The van der Waals surface area contributed by atoms with Gasteiger partial charge in [-0.1, -0.05) is 6.07 Å². The van der Waals surface area contributed by atoms with E-state index in [9.17, 15) is 9.59 Å². The Hall–Kier alpha value is -3.02. The van der Waals surface area contributed by atoms with E-state index in [4.69, 9.17) is 9.47 Å². The Morgan fingerprint density at radius 3 is 2.29 bits per heavy atom. The van der Waals surface area contributed by atoms with Crippen molar-refractivity contribution < 1.29 is 23.8 Å². The van der Waals surface area contributed by atoms with Crippen molar-refractivity contribution >= 4 is 11.9 Å². The van der Waals surface area contributed by atoms with E-state index in [2.05, 4.69) is 10.1 Å². The Morgan fingerprint density at radius 1 is 0.958 bits per heavy atom. The number of hydrogen-bond acceptors (Lipinski definition) is 5. The average molecular weight is 329 g/mol. The largest absolute Gasteiger partial charge is 0.497 e. The highest BCUT2D eigenvalue weighted by molar-refractivity contribution is 5.97. The van der Waals surface area contributed by atoms with Crippen LogP contribution in [0.2, 0.25) is 0 Å². The number of rotatable bonds is 7. The smallest absolute Gasteiger partial charge is 0.337 e. The third-order valence-electron chi connectivity index (χ3n) is 3.26. The summed E-state index contributed by atoms with van der Waals surface area (Å²) in [6.45, 7) is 0.669. The summed E-state index contributed by atoms with van der Waals surface area (Å²) in [6.07, 6.45) is 0. The summed E-state index contributed by atoms with van der Waals surface area (Å²) >= 11 is 0. The fraction of sp³-hybridized carbons (Fsp3) is 0.222. The molecule has 0 radical (unpaired) electrons. The zero-order valence-corrected chi connectivity index (χ0v) is 13.6. The standard InChI is InChI=1S/C18H19NO5/c1-22-15-6-8-16(9-7-15)24-11-10-19-17(20)13-4-3-5-14(12-13)18(21)23-2/h3-9,12H,10-11H2,1-2H3,(H,19,20). The van der Waals surface area contributed by atoms with E-state index < -0.39 is 5.97 Å². The molecule has 6 heteroatoms. The molecule has 0 aromatic heterocycles. The van der Waals surface area contributed by atoms with Gasteiger partial charge < -0.3 is 19.5 Å². The molecule has 0 unspecified atom stereocenters. The maximum absolute atomic E-state index is 12.1. The van der Waals surface area contributed by atoms with E-state index in [0.29, 0.717) is 30.0 Å². The highest BCUT2D eigenvalue weighted by Crippen LogP contribution is 2.16. The fourth-order valence-electron chi connectivity index (χ4n) is 2.01. The number of esters is 1. The molecule has 0 heterocycles. The molecule has 0 fully saturated rings. The number of methoxy groups -OCH3 is 2. The molecule has 6 nitrogen and oxygen atoms in total. The van der Waals surface area contributed by atoms with Crippen molar-refractivity contribution in [2.45, 2.75) is 0 Å². The molecule has 0 spiro atoms. The molecule has 2 aromatic rings. The lowest BCUT2D eigenvalue weighted by Crippen LogP contribution is -2.28. The zero-order chi connectivity index (χ0) is 17.4. The first-order chi connectivity index (χ1) is 11.6. The van der Waals surface area contributed by atoms with E-state index in [1.54, 1.807) is 49.6 Å². The van der Waals surface area contributed by atoms with Crippen molar-refractivity contribution in [3.05, 3.63) is 59.7 Å². The quantitative estimate of drug-likeness (QED) is 0.623. The minimum Gasteiger partial charge on any atom is -0.497 e. The van der Waals surface area contributed by atoms with E-state index >= 15 is 0 Å². The van der Waals surface area contributed by atoms with Gasteiger partial charge in [-0.15, -0.1) is 0 Å². The Bertz CT molecular complexity index is 697. The number of ether oxygens (including phenoxy) is 3. The monoisotopic (exact) mass is 329 g/mol. The molecular formula is C18H19NO5. The third kappa shape index (κ3) is 4.74. The molecule has 0 saturated carbocycles. The van der Waals surface area contributed by atoms with E-state index in [0.717, 1.165) is 5.75 Å². The van der Waals surface area contributed by atoms with Gasteiger partial charge in [-0.2, -0.15) is 0 Å². The first-order valence-corrected chi connectivity index (χ1v) is 7.37. The molecule has 2 aromatic carbocycles. The molecule has 2 rings (SSSR count). The van der Waals surface area contributed by atoms with Crippen LogP contribution in [0.15, 0.2) is 48.5 Å². The van der Waals surface area contributed by atoms with Gasteiger partial charge in [0.05, 0.1) is 26.3 Å². The SMILES string of the molecule is COC(=O)c1cccc(C(=O)NCCOc2ccc(OC)cc2)c1. The minimum atomic E-state index is -0.479. The summed E-state index contributed by atoms with van der Waals surface area (Å²) in [5.74, 6) is 0.686. The highest BCUT2D eigenvalue weighted by Gasteiger charge is 2.10. The Balaban J connectivity index is 1.81.